The number of anilines is 1. The van der Waals surface area contributed by atoms with E-state index in [-0.39, 0.29) is 28.6 Å². The third kappa shape index (κ3) is 4.93. The summed E-state index contributed by atoms with van der Waals surface area (Å²) < 4.78 is 14.9. The number of carbonyl (C=O) groups is 2. The fourth-order valence-corrected chi connectivity index (χ4v) is 4.39. The van der Waals surface area contributed by atoms with Gasteiger partial charge < -0.3 is 10.6 Å². The molecule has 5 rings (SSSR count). The number of hydrogen-bond acceptors (Lipinski definition) is 6. The molecule has 0 saturated heterocycles. The van der Waals surface area contributed by atoms with Crippen molar-refractivity contribution in [1.29, 1.82) is 0 Å². The number of benzene rings is 2. The number of carbonyl (C=O) groups excluding carboxylic acids is 2. The fourth-order valence-electron chi connectivity index (χ4n) is 3.91. The van der Waals surface area contributed by atoms with E-state index in [1.54, 1.807) is 31.2 Å². The van der Waals surface area contributed by atoms with Crippen LogP contribution in [0.5, 0.6) is 0 Å². The summed E-state index contributed by atoms with van der Waals surface area (Å²) in [7, 11) is 1.48. The zero-order chi connectivity index (χ0) is 27.0. The Bertz CT molecular complexity index is 1720. The van der Waals surface area contributed by atoms with Crippen molar-refractivity contribution in [2.75, 3.05) is 12.4 Å². The highest BCUT2D eigenvalue weighted by Crippen LogP contribution is 2.27. The third-order valence-electron chi connectivity index (χ3n) is 5.63. The molecule has 38 heavy (non-hydrogen) atoms. The van der Waals surface area contributed by atoms with Crippen LogP contribution in [-0.2, 0) is 6.54 Å². The summed E-state index contributed by atoms with van der Waals surface area (Å²) in [6.07, 6.45) is 1.52. The number of nitrogens with zero attached hydrogens (tertiary/aromatic N) is 6. The normalized spacial score (nSPS) is 11.1. The van der Waals surface area contributed by atoms with Gasteiger partial charge in [-0.1, -0.05) is 23.2 Å². The van der Waals surface area contributed by atoms with Crippen molar-refractivity contribution in [1.82, 2.24) is 35.1 Å². The van der Waals surface area contributed by atoms with Crippen LogP contribution >= 0.6 is 23.2 Å². The molecule has 5 aromatic rings. The highest BCUT2D eigenvalue weighted by molar-refractivity contribution is 6.32. The van der Waals surface area contributed by atoms with E-state index in [0.29, 0.717) is 33.0 Å². The lowest BCUT2D eigenvalue weighted by atomic mass is 10.1. The molecule has 0 aliphatic carbocycles. The number of fused-ring (bicyclic) bond motifs is 1. The first-order valence-electron chi connectivity index (χ1n) is 11.3. The van der Waals surface area contributed by atoms with E-state index >= 15 is 0 Å². The Hall–Kier alpha value is -4.35. The van der Waals surface area contributed by atoms with Crippen LogP contribution < -0.4 is 10.6 Å². The first-order chi connectivity index (χ1) is 18.2. The van der Waals surface area contributed by atoms with Crippen molar-refractivity contribution in [2.45, 2.75) is 13.5 Å². The smallest absolute Gasteiger partial charge is 0.274 e. The van der Waals surface area contributed by atoms with Gasteiger partial charge in [0.25, 0.3) is 11.8 Å². The molecule has 0 fully saturated rings. The predicted octanol–water partition coefficient (Wildman–Crippen LogP) is 4.43. The molecule has 0 aliphatic rings. The first-order valence-corrected chi connectivity index (χ1v) is 12.0. The molecule has 192 valence electrons. The van der Waals surface area contributed by atoms with E-state index < -0.39 is 17.6 Å². The number of aromatic nitrogens is 6. The molecule has 2 N–H and O–H groups in total. The van der Waals surface area contributed by atoms with Gasteiger partial charge in [-0.05, 0) is 55.0 Å². The van der Waals surface area contributed by atoms with Crippen molar-refractivity contribution in [3.8, 4) is 5.82 Å². The maximum atomic E-state index is 13.6. The van der Waals surface area contributed by atoms with E-state index in [9.17, 15) is 14.0 Å². The molecule has 0 aliphatic heterocycles. The van der Waals surface area contributed by atoms with Crippen LogP contribution in [0.1, 0.15) is 32.1 Å². The SMILES string of the molecule is CNC(=O)c1cc(Cl)cc(C)c1NC(=O)c1cc(Cn2nc3ccc(F)cc3n2)nn1-c1ncccc1Cl. The molecule has 13 heteroatoms. The topological polar surface area (TPSA) is 120 Å². The second-order valence-corrected chi connectivity index (χ2v) is 9.13. The highest BCUT2D eigenvalue weighted by Gasteiger charge is 2.23. The number of pyridine rings is 1. The molecule has 0 saturated carbocycles. The van der Waals surface area contributed by atoms with Gasteiger partial charge >= 0.3 is 0 Å². The highest BCUT2D eigenvalue weighted by atomic mass is 35.5. The zero-order valence-corrected chi connectivity index (χ0v) is 21.5. The van der Waals surface area contributed by atoms with Gasteiger partial charge in [0.05, 0.1) is 22.0 Å². The number of hydrogen-bond donors (Lipinski definition) is 2. The minimum atomic E-state index is -0.568. The Morgan fingerprint density at radius 1 is 1.00 bits per heavy atom. The number of halogens is 3. The van der Waals surface area contributed by atoms with Gasteiger partial charge in [0, 0.05) is 24.3 Å². The van der Waals surface area contributed by atoms with Crippen LogP contribution in [0.4, 0.5) is 10.1 Å². The Morgan fingerprint density at radius 2 is 1.79 bits per heavy atom. The third-order valence-corrected chi connectivity index (χ3v) is 6.14. The van der Waals surface area contributed by atoms with Crippen LogP contribution in [0.25, 0.3) is 16.9 Å². The molecule has 0 radical (unpaired) electrons. The summed E-state index contributed by atoms with van der Waals surface area (Å²) in [6.45, 7) is 1.81. The van der Waals surface area contributed by atoms with Crippen molar-refractivity contribution in [3.05, 3.63) is 93.1 Å². The van der Waals surface area contributed by atoms with Crippen LogP contribution in [0.15, 0.2) is 54.7 Å². The molecular weight excluding hydrogens is 534 g/mol. The van der Waals surface area contributed by atoms with Gasteiger partial charge in [0.15, 0.2) is 5.82 Å². The molecule has 2 aromatic carbocycles. The van der Waals surface area contributed by atoms with Crippen molar-refractivity contribution >= 4 is 51.7 Å². The molecule has 0 atom stereocenters. The van der Waals surface area contributed by atoms with Crippen LogP contribution in [0, 0.1) is 12.7 Å². The predicted molar refractivity (Wildman–Crippen MR) is 140 cm³/mol. The second kappa shape index (κ2) is 10.2. The van der Waals surface area contributed by atoms with Crippen molar-refractivity contribution in [3.63, 3.8) is 0 Å². The number of nitrogens with one attached hydrogen (secondary N) is 2. The van der Waals surface area contributed by atoms with Crippen LogP contribution in [0.2, 0.25) is 10.0 Å². The Balaban J connectivity index is 1.55. The van der Waals surface area contributed by atoms with E-state index in [4.69, 9.17) is 23.2 Å². The van der Waals surface area contributed by atoms with E-state index in [2.05, 4.69) is 30.9 Å². The first kappa shape index (κ1) is 25.3. The Kier molecular flexibility index (Phi) is 6.79. The molecule has 0 spiro atoms. The van der Waals surface area contributed by atoms with Gasteiger partial charge in [0.1, 0.15) is 29.1 Å². The van der Waals surface area contributed by atoms with Crippen LogP contribution in [-0.4, -0.2) is 48.6 Å². The van der Waals surface area contributed by atoms with Gasteiger partial charge in [-0.15, -0.1) is 0 Å². The molecule has 0 unspecified atom stereocenters. The van der Waals surface area contributed by atoms with Gasteiger partial charge in [-0.3, -0.25) is 9.59 Å². The fraction of sp³-hybridized carbons (Fsp3) is 0.120. The van der Waals surface area contributed by atoms with E-state index in [0.717, 1.165) is 0 Å². The van der Waals surface area contributed by atoms with Crippen molar-refractivity contribution in [2.24, 2.45) is 0 Å². The number of rotatable bonds is 6. The van der Waals surface area contributed by atoms with Gasteiger partial charge in [-0.25, -0.2) is 14.1 Å². The minimum absolute atomic E-state index is 0.0808. The zero-order valence-electron chi connectivity index (χ0n) is 20.0. The molecule has 3 aromatic heterocycles. The summed E-state index contributed by atoms with van der Waals surface area (Å²) in [5, 5.41) is 19.1. The summed E-state index contributed by atoms with van der Waals surface area (Å²) in [5.41, 5.74) is 2.49. The maximum absolute atomic E-state index is 13.6. The van der Waals surface area contributed by atoms with E-state index in [1.165, 1.54) is 47.0 Å². The average molecular weight is 553 g/mol. The quantitative estimate of drug-likeness (QED) is 0.321. The van der Waals surface area contributed by atoms with Gasteiger partial charge in [-0.2, -0.15) is 20.1 Å². The summed E-state index contributed by atoms with van der Waals surface area (Å²) >= 11 is 12.5. The number of aryl methyl sites for hydroxylation is 1. The standard InChI is InChI=1S/C25H19Cl2FN8O2/c1-13-8-14(26)9-17(24(37)29-2)22(13)31-25(38)21-11-16(32-36(21)23-18(27)4-3-7-30-23)12-35-33-19-6-5-15(28)10-20(19)34-35/h3-11H,12H2,1-2H3,(H,29,37)(H,31,38). The van der Waals surface area contributed by atoms with E-state index in [1.807, 2.05) is 0 Å². The van der Waals surface area contributed by atoms with Crippen LogP contribution in [0.3, 0.4) is 0 Å². The lowest BCUT2D eigenvalue weighted by Crippen LogP contribution is -2.23. The molecular formula is C25H19Cl2FN8O2. The monoisotopic (exact) mass is 552 g/mol. The summed E-state index contributed by atoms with van der Waals surface area (Å²) in [5.74, 6) is -1.18. The summed E-state index contributed by atoms with van der Waals surface area (Å²) in [6, 6.07) is 12.0. The minimum Gasteiger partial charge on any atom is -0.355 e. The second-order valence-electron chi connectivity index (χ2n) is 8.28. The van der Waals surface area contributed by atoms with Crippen molar-refractivity contribution < 1.29 is 14.0 Å². The number of amides is 2. The average Bonchev–Trinajstić information content (AvgIpc) is 3.48. The lowest BCUT2D eigenvalue weighted by molar-refractivity contribution is 0.0964. The largest absolute Gasteiger partial charge is 0.355 e. The summed E-state index contributed by atoms with van der Waals surface area (Å²) in [4.78, 5) is 31.7. The molecule has 10 nitrogen and oxygen atoms in total. The maximum Gasteiger partial charge on any atom is 0.274 e. The molecule has 0 bridgehead atoms. The Morgan fingerprint density at radius 3 is 2.55 bits per heavy atom. The Labute approximate surface area is 225 Å². The lowest BCUT2D eigenvalue weighted by Gasteiger charge is -2.14. The molecule has 3 heterocycles. The van der Waals surface area contributed by atoms with Gasteiger partial charge in [0.2, 0.25) is 0 Å². The molecule has 2 amide bonds.